The van der Waals surface area contributed by atoms with Gasteiger partial charge in [-0.15, -0.1) is 0 Å². The lowest BCUT2D eigenvalue weighted by atomic mass is 9.94. The lowest BCUT2D eigenvalue weighted by Crippen LogP contribution is -2.38. The van der Waals surface area contributed by atoms with Crippen LogP contribution in [-0.2, 0) is 31.0 Å². The molecule has 0 unspecified atom stereocenters. The van der Waals surface area contributed by atoms with E-state index in [0.717, 1.165) is 30.2 Å². The second kappa shape index (κ2) is 8.29. The molecule has 2 aromatic carbocycles. The fourth-order valence-electron chi connectivity index (χ4n) is 4.66. The molecule has 33 heavy (non-hydrogen) atoms. The van der Waals surface area contributed by atoms with Crippen LogP contribution in [0.2, 0.25) is 5.02 Å². The molecule has 3 aromatic rings. The Kier molecular flexibility index (Phi) is 5.57. The number of nitrogens with one attached hydrogen (secondary N) is 1. The van der Waals surface area contributed by atoms with E-state index in [4.69, 9.17) is 16.6 Å². The maximum atomic E-state index is 13.0. The number of hydrogen-bond acceptors (Lipinski definition) is 3. The van der Waals surface area contributed by atoms with Gasteiger partial charge in [-0.05, 0) is 48.6 Å². The number of rotatable bonds is 5. The summed E-state index contributed by atoms with van der Waals surface area (Å²) in [5.41, 5.74) is 2.12. The average Bonchev–Trinajstić information content (AvgIpc) is 3.60. The summed E-state index contributed by atoms with van der Waals surface area (Å²) in [4.78, 5) is 22.9. The first kappa shape index (κ1) is 22.2. The van der Waals surface area contributed by atoms with E-state index in [-0.39, 0.29) is 11.0 Å². The summed E-state index contributed by atoms with van der Waals surface area (Å²) >= 11 is 6.18. The lowest BCUT2D eigenvalue weighted by Gasteiger charge is -2.28. The van der Waals surface area contributed by atoms with Gasteiger partial charge >= 0.3 is 6.18 Å². The Balaban J connectivity index is 1.31. The fourth-order valence-corrected chi connectivity index (χ4v) is 4.85. The number of aromatic nitrogens is 2. The van der Waals surface area contributed by atoms with Crippen LogP contribution in [0.25, 0.3) is 0 Å². The molecule has 0 saturated heterocycles. The van der Waals surface area contributed by atoms with Crippen LogP contribution in [0.4, 0.5) is 13.2 Å². The molecule has 5 rings (SSSR count). The Hall–Kier alpha value is -2.64. The van der Waals surface area contributed by atoms with Crippen LogP contribution in [0.1, 0.15) is 46.6 Å². The molecule has 172 valence electrons. The van der Waals surface area contributed by atoms with Crippen molar-refractivity contribution in [3.8, 4) is 0 Å². The smallest absolute Gasteiger partial charge is 0.310 e. The van der Waals surface area contributed by atoms with Gasteiger partial charge in [0.2, 0.25) is 0 Å². The molecule has 1 fully saturated rings. The molecule has 1 aromatic heterocycles. The molecule has 0 spiro atoms. The SMILES string of the molecule is O=c1[nH]c(C2(c3cccc(Cl)c3)CC2)nc2c1CN(CCc1cccc(C(F)(F)F)c1)CC2. The van der Waals surface area contributed by atoms with Crippen LogP contribution >= 0.6 is 11.6 Å². The molecule has 0 bridgehead atoms. The van der Waals surface area contributed by atoms with Crippen molar-refractivity contribution in [3.63, 3.8) is 0 Å². The van der Waals surface area contributed by atoms with Crippen molar-refractivity contribution >= 4 is 11.6 Å². The van der Waals surface area contributed by atoms with Gasteiger partial charge in [-0.3, -0.25) is 9.69 Å². The van der Waals surface area contributed by atoms with Gasteiger partial charge in [0.15, 0.2) is 0 Å². The molecule has 0 amide bonds. The van der Waals surface area contributed by atoms with E-state index in [0.29, 0.717) is 54.4 Å². The third kappa shape index (κ3) is 4.44. The molecule has 2 heterocycles. The predicted octanol–water partition coefficient (Wildman–Crippen LogP) is 5.12. The van der Waals surface area contributed by atoms with Gasteiger partial charge in [0.05, 0.1) is 22.2 Å². The van der Waals surface area contributed by atoms with Gasteiger partial charge in [-0.2, -0.15) is 13.2 Å². The van der Waals surface area contributed by atoms with Gasteiger partial charge in [0.25, 0.3) is 5.56 Å². The minimum atomic E-state index is -4.35. The average molecular weight is 474 g/mol. The van der Waals surface area contributed by atoms with E-state index >= 15 is 0 Å². The molecule has 1 aliphatic heterocycles. The number of nitrogens with zero attached hydrogens (tertiary/aromatic N) is 2. The summed E-state index contributed by atoms with van der Waals surface area (Å²) in [6.07, 6.45) is -1.39. The zero-order valence-electron chi connectivity index (χ0n) is 17.9. The van der Waals surface area contributed by atoms with Crippen LogP contribution < -0.4 is 5.56 Å². The quantitative estimate of drug-likeness (QED) is 0.559. The van der Waals surface area contributed by atoms with Crippen molar-refractivity contribution in [1.82, 2.24) is 14.9 Å². The summed E-state index contributed by atoms with van der Waals surface area (Å²) in [6, 6.07) is 13.1. The number of benzene rings is 2. The van der Waals surface area contributed by atoms with Crippen molar-refractivity contribution in [2.45, 2.75) is 43.8 Å². The molecule has 0 atom stereocenters. The predicted molar refractivity (Wildman–Crippen MR) is 120 cm³/mol. The first-order valence-electron chi connectivity index (χ1n) is 11.0. The van der Waals surface area contributed by atoms with E-state index in [9.17, 15) is 18.0 Å². The Morgan fingerprint density at radius 3 is 2.64 bits per heavy atom. The van der Waals surface area contributed by atoms with E-state index in [1.165, 1.54) is 12.1 Å². The molecule has 1 aliphatic carbocycles. The number of halogens is 4. The van der Waals surface area contributed by atoms with Crippen molar-refractivity contribution in [2.24, 2.45) is 0 Å². The minimum absolute atomic E-state index is 0.132. The summed E-state index contributed by atoms with van der Waals surface area (Å²) in [5, 5.41) is 0.662. The van der Waals surface area contributed by atoms with Gasteiger partial charge < -0.3 is 4.98 Å². The Morgan fingerprint density at radius 1 is 1.12 bits per heavy atom. The maximum Gasteiger partial charge on any atom is 0.416 e. The van der Waals surface area contributed by atoms with Crippen molar-refractivity contribution in [2.75, 3.05) is 13.1 Å². The molecule has 1 saturated carbocycles. The van der Waals surface area contributed by atoms with Crippen LogP contribution in [0.5, 0.6) is 0 Å². The number of hydrogen-bond donors (Lipinski definition) is 1. The van der Waals surface area contributed by atoms with Gasteiger partial charge in [0, 0.05) is 31.1 Å². The summed E-state index contributed by atoms with van der Waals surface area (Å²) in [6.45, 7) is 1.74. The number of fused-ring (bicyclic) bond motifs is 1. The highest BCUT2D eigenvalue weighted by molar-refractivity contribution is 6.30. The highest BCUT2D eigenvalue weighted by atomic mass is 35.5. The fraction of sp³-hybridized carbons (Fsp3) is 0.360. The summed E-state index contributed by atoms with van der Waals surface area (Å²) in [7, 11) is 0. The third-order valence-electron chi connectivity index (χ3n) is 6.70. The lowest BCUT2D eigenvalue weighted by molar-refractivity contribution is -0.137. The molecule has 2 aliphatic rings. The van der Waals surface area contributed by atoms with Crippen LogP contribution in [0.15, 0.2) is 53.3 Å². The van der Waals surface area contributed by atoms with Gasteiger partial charge in [-0.1, -0.05) is 41.9 Å². The van der Waals surface area contributed by atoms with Gasteiger partial charge in [0.1, 0.15) is 5.82 Å². The molecular formula is C25H23ClF3N3O. The second-order valence-corrected chi connectivity index (χ2v) is 9.34. The summed E-state index contributed by atoms with van der Waals surface area (Å²) in [5.74, 6) is 0.700. The standard InChI is InChI=1S/C25H23ClF3N3O/c26-19-6-2-4-17(14-19)24(9-10-24)23-30-21-8-12-32(15-20(21)22(33)31-23)11-7-16-3-1-5-18(13-16)25(27,28)29/h1-6,13-14H,7-12,15H2,(H,30,31,33). The molecule has 4 nitrogen and oxygen atoms in total. The highest BCUT2D eigenvalue weighted by Crippen LogP contribution is 2.52. The Labute approximate surface area is 194 Å². The van der Waals surface area contributed by atoms with E-state index in [1.807, 2.05) is 24.3 Å². The van der Waals surface area contributed by atoms with Crippen LogP contribution in [-0.4, -0.2) is 28.0 Å². The minimum Gasteiger partial charge on any atom is -0.310 e. The monoisotopic (exact) mass is 473 g/mol. The van der Waals surface area contributed by atoms with E-state index < -0.39 is 11.7 Å². The van der Waals surface area contributed by atoms with E-state index in [2.05, 4.69) is 9.88 Å². The zero-order valence-corrected chi connectivity index (χ0v) is 18.6. The first-order chi connectivity index (χ1) is 15.7. The summed E-state index contributed by atoms with van der Waals surface area (Å²) < 4.78 is 38.9. The Bertz CT molecular complexity index is 1250. The van der Waals surface area contributed by atoms with Gasteiger partial charge in [-0.25, -0.2) is 4.98 Å². The largest absolute Gasteiger partial charge is 0.416 e. The second-order valence-electron chi connectivity index (χ2n) is 8.91. The number of H-pyrrole nitrogens is 1. The van der Waals surface area contributed by atoms with Crippen LogP contribution in [0, 0.1) is 0 Å². The van der Waals surface area contributed by atoms with E-state index in [1.54, 1.807) is 6.07 Å². The molecule has 8 heteroatoms. The molecule has 1 N–H and O–H groups in total. The maximum absolute atomic E-state index is 13.0. The zero-order chi connectivity index (χ0) is 23.2. The van der Waals surface area contributed by atoms with Crippen molar-refractivity contribution in [1.29, 1.82) is 0 Å². The third-order valence-corrected chi connectivity index (χ3v) is 6.93. The number of aromatic amines is 1. The van der Waals surface area contributed by atoms with Crippen molar-refractivity contribution < 1.29 is 13.2 Å². The molecule has 0 radical (unpaired) electrons. The topological polar surface area (TPSA) is 49.0 Å². The highest BCUT2D eigenvalue weighted by Gasteiger charge is 2.48. The van der Waals surface area contributed by atoms with Crippen LogP contribution in [0.3, 0.4) is 0 Å². The number of alkyl halides is 3. The van der Waals surface area contributed by atoms with Crippen molar-refractivity contribution in [3.05, 3.63) is 97.7 Å². The first-order valence-corrected chi connectivity index (χ1v) is 11.4. The normalized spacial score (nSPS) is 17.6. The Morgan fingerprint density at radius 2 is 1.91 bits per heavy atom. The molecular weight excluding hydrogens is 451 g/mol.